The number of rotatable bonds is 5. The van der Waals surface area contributed by atoms with Gasteiger partial charge in [0.25, 0.3) is 0 Å². The second-order valence-corrected chi connectivity index (χ2v) is 2.83. The first-order valence-electron chi connectivity index (χ1n) is 4.36. The summed E-state index contributed by atoms with van der Waals surface area (Å²) < 4.78 is 23.5. The first-order valence-corrected chi connectivity index (χ1v) is 4.36. The SMILES string of the molecule is FC(F)CCCNc1ccccc1. The van der Waals surface area contributed by atoms with E-state index in [1.807, 2.05) is 30.3 Å². The lowest BCUT2D eigenvalue weighted by Gasteiger charge is -2.04. The Morgan fingerprint density at radius 3 is 2.46 bits per heavy atom. The summed E-state index contributed by atoms with van der Waals surface area (Å²) in [5.74, 6) is 0. The van der Waals surface area contributed by atoms with E-state index in [-0.39, 0.29) is 6.42 Å². The number of hydrogen-bond acceptors (Lipinski definition) is 1. The van der Waals surface area contributed by atoms with E-state index in [0.29, 0.717) is 13.0 Å². The third-order valence-electron chi connectivity index (χ3n) is 1.70. The third kappa shape index (κ3) is 4.45. The van der Waals surface area contributed by atoms with E-state index < -0.39 is 6.43 Å². The van der Waals surface area contributed by atoms with Gasteiger partial charge in [0.05, 0.1) is 0 Å². The van der Waals surface area contributed by atoms with Gasteiger partial charge < -0.3 is 5.32 Å². The Hall–Kier alpha value is -1.12. The first-order chi connectivity index (χ1) is 6.29. The van der Waals surface area contributed by atoms with Crippen molar-refractivity contribution >= 4 is 5.69 Å². The smallest absolute Gasteiger partial charge is 0.238 e. The Morgan fingerprint density at radius 1 is 1.15 bits per heavy atom. The van der Waals surface area contributed by atoms with E-state index in [2.05, 4.69) is 5.32 Å². The quantitative estimate of drug-likeness (QED) is 0.695. The zero-order valence-electron chi connectivity index (χ0n) is 7.34. The van der Waals surface area contributed by atoms with Crippen LogP contribution in [-0.4, -0.2) is 13.0 Å². The number of anilines is 1. The minimum Gasteiger partial charge on any atom is -0.385 e. The summed E-state index contributed by atoms with van der Waals surface area (Å²) in [4.78, 5) is 0. The van der Waals surface area contributed by atoms with Crippen LogP contribution < -0.4 is 5.32 Å². The lowest BCUT2D eigenvalue weighted by molar-refractivity contribution is 0.136. The topological polar surface area (TPSA) is 12.0 Å². The van der Waals surface area contributed by atoms with Crippen LogP contribution in [-0.2, 0) is 0 Å². The molecule has 13 heavy (non-hydrogen) atoms. The molecule has 72 valence electrons. The van der Waals surface area contributed by atoms with Crippen molar-refractivity contribution in [1.29, 1.82) is 0 Å². The van der Waals surface area contributed by atoms with Crippen molar-refractivity contribution in [2.45, 2.75) is 19.3 Å². The van der Waals surface area contributed by atoms with Gasteiger partial charge in [-0.05, 0) is 18.6 Å². The van der Waals surface area contributed by atoms with Crippen LogP contribution in [0.25, 0.3) is 0 Å². The predicted molar refractivity (Wildman–Crippen MR) is 50.2 cm³/mol. The normalized spacial score (nSPS) is 10.4. The summed E-state index contributed by atoms with van der Waals surface area (Å²) in [5, 5.41) is 3.07. The van der Waals surface area contributed by atoms with Crippen LogP contribution in [0, 0.1) is 0 Å². The molecule has 0 unspecified atom stereocenters. The van der Waals surface area contributed by atoms with E-state index in [9.17, 15) is 8.78 Å². The number of hydrogen-bond donors (Lipinski definition) is 1. The van der Waals surface area contributed by atoms with Crippen molar-refractivity contribution < 1.29 is 8.78 Å². The first kappa shape index (κ1) is 9.96. The van der Waals surface area contributed by atoms with Crippen LogP contribution in [0.5, 0.6) is 0 Å². The highest BCUT2D eigenvalue weighted by molar-refractivity contribution is 5.42. The number of nitrogens with one attached hydrogen (secondary N) is 1. The van der Waals surface area contributed by atoms with Crippen molar-refractivity contribution in [1.82, 2.24) is 0 Å². The molecule has 0 aliphatic rings. The van der Waals surface area contributed by atoms with Gasteiger partial charge in [0.1, 0.15) is 0 Å². The van der Waals surface area contributed by atoms with E-state index in [1.165, 1.54) is 0 Å². The molecule has 1 aromatic carbocycles. The molecule has 0 heterocycles. The Labute approximate surface area is 76.8 Å². The predicted octanol–water partition coefficient (Wildman–Crippen LogP) is 3.14. The minimum absolute atomic E-state index is 0.0279. The van der Waals surface area contributed by atoms with E-state index in [1.54, 1.807) is 0 Å². The zero-order valence-corrected chi connectivity index (χ0v) is 7.34. The largest absolute Gasteiger partial charge is 0.385 e. The summed E-state index contributed by atoms with van der Waals surface area (Å²) in [6.45, 7) is 0.606. The molecule has 0 fully saturated rings. The van der Waals surface area contributed by atoms with Crippen LogP contribution in [0.1, 0.15) is 12.8 Å². The number of halogens is 2. The highest BCUT2D eigenvalue weighted by Gasteiger charge is 2.00. The highest BCUT2D eigenvalue weighted by Crippen LogP contribution is 2.07. The molecule has 0 saturated heterocycles. The molecule has 0 aliphatic carbocycles. The van der Waals surface area contributed by atoms with Crippen molar-refractivity contribution in [3.8, 4) is 0 Å². The minimum atomic E-state index is -2.18. The molecule has 0 amide bonds. The van der Waals surface area contributed by atoms with Crippen molar-refractivity contribution in [3.63, 3.8) is 0 Å². The van der Waals surface area contributed by atoms with Gasteiger partial charge in [0, 0.05) is 18.7 Å². The van der Waals surface area contributed by atoms with Crippen LogP contribution in [0.4, 0.5) is 14.5 Å². The van der Waals surface area contributed by atoms with Gasteiger partial charge in [-0.2, -0.15) is 0 Å². The maximum Gasteiger partial charge on any atom is 0.238 e. The molecule has 0 aliphatic heterocycles. The summed E-state index contributed by atoms with van der Waals surface area (Å²) in [6, 6.07) is 9.58. The molecule has 0 saturated carbocycles. The van der Waals surface area contributed by atoms with E-state index in [4.69, 9.17) is 0 Å². The molecule has 0 radical (unpaired) electrons. The average molecular weight is 185 g/mol. The molecule has 0 spiro atoms. The molecule has 1 rings (SSSR count). The lowest BCUT2D eigenvalue weighted by Crippen LogP contribution is -2.03. The summed E-state index contributed by atoms with van der Waals surface area (Å²) in [7, 11) is 0. The van der Waals surface area contributed by atoms with E-state index >= 15 is 0 Å². The van der Waals surface area contributed by atoms with Crippen molar-refractivity contribution in [2.24, 2.45) is 0 Å². The van der Waals surface area contributed by atoms with Gasteiger partial charge in [0.15, 0.2) is 0 Å². The molecule has 1 aromatic rings. The molecule has 3 heteroatoms. The maximum atomic E-state index is 11.7. The fourth-order valence-corrected chi connectivity index (χ4v) is 1.05. The van der Waals surface area contributed by atoms with Gasteiger partial charge in [-0.15, -0.1) is 0 Å². The molecular formula is C10H13F2N. The van der Waals surface area contributed by atoms with Gasteiger partial charge in [-0.1, -0.05) is 18.2 Å². The Morgan fingerprint density at radius 2 is 1.85 bits per heavy atom. The van der Waals surface area contributed by atoms with Gasteiger partial charge in [-0.25, -0.2) is 8.78 Å². The van der Waals surface area contributed by atoms with E-state index in [0.717, 1.165) is 5.69 Å². The Bertz CT molecular complexity index is 224. The fourth-order valence-electron chi connectivity index (χ4n) is 1.05. The summed E-state index contributed by atoms with van der Waals surface area (Å²) >= 11 is 0. The maximum absolute atomic E-state index is 11.7. The van der Waals surface area contributed by atoms with Crippen LogP contribution in [0.15, 0.2) is 30.3 Å². The van der Waals surface area contributed by atoms with Crippen molar-refractivity contribution in [2.75, 3.05) is 11.9 Å². The molecule has 1 N–H and O–H groups in total. The second-order valence-electron chi connectivity index (χ2n) is 2.83. The molecule has 0 bridgehead atoms. The average Bonchev–Trinajstić information content (AvgIpc) is 2.14. The molecule has 1 nitrogen and oxygen atoms in total. The molecule has 0 aromatic heterocycles. The Kier molecular flexibility index (Phi) is 4.23. The monoisotopic (exact) mass is 185 g/mol. The number of para-hydroxylation sites is 1. The van der Waals surface area contributed by atoms with Crippen molar-refractivity contribution in [3.05, 3.63) is 30.3 Å². The zero-order chi connectivity index (χ0) is 9.52. The standard InChI is InChI=1S/C10H13F2N/c11-10(12)7-4-8-13-9-5-2-1-3-6-9/h1-3,5-6,10,13H,4,7-8H2. The fraction of sp³-hybridized carbons (Fsp3) is 0.400. The summed E-state index contributed by atoms with van der Waals surface area (Å²) in [5.41, 5.74) is 0.983. The van der Waals surface area contributed by atoms with Crippen LogP contribution >= 0.6 is 0 Å². The van der Waals surface area contributed by atoms with Crippen LogP contribution in [0.2, 0.25) is 0 Å². The Balaban J connectivity index is 2.13. The lowest BCUT2D eigenvalue weighted by atomic mass is 10.3. The number of alkyl halides is 2. The van der Waals surface area contributed by atoms with Crippen LogP contribution in [0.3, 0.4) is 0 Å². The highest BCUT2D eigenvalue weighted by atomic mass is 19.3. The number of benzene rings is 1. The third-order valence-corrected chi connectivity index (χ3v) is 1.70. The molecule has 0 atom stereocenters. The van der Waals surface area contributed by atoms with Gasteiger partial charge >= 0.3 is 0 Å². The summed E-state index contributed by atoms with van der Waals surface area (Å²) in [6.07, 6.45) is -1.70. The second kappa shape index (κ2) is 5.51. The van der Waals surface area contributed by atoms with Gasteiger partial charge in [-0.3, -0.25) is 0 Å². The molecular weight excluding hydrogens is 172 g/mol. The van der Waals surface area contributed by atoms with Gasteiger partial charge in [0.2, 0.25) is 6.43 Å².